The van der Waals surface area contributed by atoms with Gasteiger partial charge in [0.2, 0.25) is 0 Å². The number of nitrogens with two attached hydrogens (primary N) is 1. The van der Waals surface area contributed by atoms with E-state index in [9.17, 15) is 4.79 Å². The van der Waals surface area contributed by atoms with Crippen LogP contribution in [-0.2, 0) is 0 Å². The molecule has 0 unspecified atom stereocenters. The van der Waals surface area contributed by atoms with Gasteiger partial charge in [-0.1, -0.05) is 0 Å². The van der Waals surface area contributed by atoms with Gasteiger partial charge < -0.3 is 21.4 Å². The molecule has 1 saturated carbocycles. The zero-order valence-corrected chi connectivity index (χ0v) is 15.3. The Morgan fingerprint density at radius 1 is 1.27 bits per heavy atom. The van der Waals surface area contributed by atoms with Crippen molar-refractivity contribution in [1.82, 2.24) is 14.6 Å². The van der Waals surface area contributed by atoms with Gasteiger partial charge in [0.05, 0.1) is 11.9 Å². The Labute approximate surface area is 152 Å². The molecule has 7 nitrogen and oxygen atoms in total. The van der Waals surface area contributed by atoms with Crippen LogP contribution in [0, 0.1) is 0 Å². The molecule has 4 rings (SSSR count). The molecule has 136 valence electrons. The molecule has 2 heterocycles. The number of fused-ring (bicyclic) bond motifs is 1. The van der Waals surface area contributed by atoms with Crippen LogP contribution in [-0.4, -0.2) is 26.0 Å². The number of benzene rings is 1. The fourth-order valence-corrected chi connectivity index (χ4v) is 3.01. The Balaban J connectivity index is 1.69. The van der Waals surface area contributed by atoms with Crippen molar-refractivity contribution in [2.24, 2.45) is 0 Å². The van der Waals surface area contributed by atoms with E-state index in [1.165, 1.54) is 0 Å². The minimum Gasteiger partial charge on any atom is -0.399 e. The van der Waals surface area contributed by atoms with Gasteiger partial charge >= 0.3 is 0 Å². The first-order valence-electron chi connectivity index (χ1n) is 8.86. The van der Waals surface area contributed by atoms with Gasteiger partial charge in [-0.15, -0.1) is 0 Å². The Hall–Kier alpha value is -2.96. The molecule has 1 aliphatic carbocycles. The predicted octanol–water partition coefficient (Wildman–Crippen LogP) is 3.58. The lowest BCUT2D eigenvalue weighted by Crippen LogP contribution is -2.27. The molecule has 1 aliphatic rings. The quantitative estimate of drug-likeness (QED) is 0.539. The van der Waals surface area contributed by atoms with Crippen molar-refractivity contribution in [2.75, 3.05) is 16.4 Å². The SMILES string of the molecule is CC(C)(C)Nc1c(C2CC2)[nH]c2c(C(=O)Nc3ccc(N)cc3)cnn12. The van der Waals surface area contributed by atoms with Crippen molar-refractivity contribution in [3.8, 4) is 0 Å². The van der Waals surface area contributed by atoms with Crippen LogP contribution in [0.1, 0.15) is 55.6 Å². The number of rotatable bonds is 4. The second-order valence-electron chi connectivity index (χ2n) is 7.93. The number of hydrogen-bond acceptors (Lipinski definition) is 4. The monoisotopic (exact) mass is 352 g/mol. The number of amides is 1. The smallest absolute Gasteiger partial charge is 0.261 e. The number of aromatic nitrogens is 3. The fraction of sp³-hybridized carbons (Fsp3) is 0.368. The number of carbonyl (C=O) groups is 1. The molecule has 1 fully saturated rings. The molecule has 1 amide bonds. The molecular formula is C19H24N6O. The van der Waals surface area contributed by atoms with E-state index >= 15 is 0 Å². The first-order valence-corrected chi connectivity index (χ1v) is 8.86. The average Bonchev–Trinajstić information content (AvgIpc) is 3.22. The summed E-state index contributed by atoms with van der Waals surface area (Å²) < 4.78 is 1.80. The summed E-state index contributed by atoms with van der Waals surface area (Å²) in [7, 11) is 0. The maximum Gasteiger partial charge on any atom is 0.261 e. The Morgan fingerprint density at radius 3 is 2.58 bits per heavy atom. The highest BCUT2D eigenvalue weighted by Crippen LogP contribution is 2.43. The Morgan fingerprint density at radius 2 is 1.96 bits per heavy atom. The van der Waals surface area contributed by atoms with Crippen molar-refractivity contribution in [1.29, 1.82) is 0 Å². The summed E-state index contributed by atoms with van der Waals surface area (Å²) in [5, 5.41) is 10.9. The maximum absolute atomic E-state index is 12.7. The third kappa shape index (κ3) is 3.12. The number of anilines is 3. The van der Waals surface area contributed by atoms with E-state index in [2.05, 4.69) is 41.5 Å². The van der Waals surface area contributed by atoms with E-state index in [-0.39, 0.29) is 11.4 Å². The summed E-state index contributed by atoms with van der Waals surface area (Å²) in [5.41, 5.74) is 9.31. The number of nitrogens with one attached hydrogen (secondary N) is 3. The molecule has 0 atom stereocenters. The number of nitrogen functional groups attached to an aromatic ring is 1. The van der Waals surface area contributed by atoms with Crippen LogP contribution in [0.3, 0.4) is 0 Å². The van der Waals surface area contributed by atoms with Gasteiger partial charge in [-0.05, 0) is 57.9 Å². The molecule has 7 heteroatoms. The van der Waals surface area contributed by atoms with Gasteiger partial charge in [0.25, 0.3) is 5.91 Å². The fourth-order valence-electron chi connectivity index (χ4n) is 3.01. The summed E-state index contributed by atoms with van der Waals surface area (Å²) in [6.07, 6.45) is 3.92. The molecule has 0 spiro atoms. The Kier molecular flexibility index (Phi) is 3.68. The largest absolute Gasteiger partial charge is 0.399 e. The minimum atomic E-state index is -0.198. The first kappa shape index (κ1) is 16.5. The molecular weight excluding hydrogens is 328 g/mol. The minimum absolute atomic E-state index is 0.100. The molecule has 1 aromatic carbocycles. The summed E-state index contributed by atoms with van der Waals surface area (Å²) in [5.74, 6) is 1.26. The van der Waals surface area contributed by atoms with Gasteiger partial charge in [-0.3, -0.25) is 4.79 Å². The molecule has 3 aromatic rings. The molecule has 26 heavy (non-hydrogen) atoms. The van der Waals surface area contributed by atoms with Gasteiger partial charge in [0.15, 0.2) is 0 Å². The lowest BCUT2D eigenvalue weighted by Gasteiger charge is -2.22. The summed E-state index contributed by atoms with van der Waals surface area (Å²) in [6, 6.07) is 7.08. The summed E-state index contributed by atoms with van der Waals surface area (Å²) in [4.78, 5) is 16.2. The average molecular weight is 352 g/mol. The zero-order chi connectivity index (χ0) is 18.5. The van der Waals surface area contributed by atoms with Crippen molar-refractivity contribution in [3.63, 3.8) is 0 Å². The van der Waals surface area contributed by atoms with Gasteiger partial charge in [0, 0.05) is 22.8 Å². The molecule has 2 aromatic heterocycles. The molecule has 0 bridgehead atoms. The third-order valence-electron chi connectivity index (χ3n) is 4.38. The zero-order valence-electron chi connectivity index (χ0n) is 15.3. The maximum atomic E-state index is 12.7. The van der Waals surface area contributed by atoms with Crippen LogP contribution < -0.4 is 16.4 Å². The van der Waals surface area contributed by atoms with E-state index < -0.39 is 0 Å². The molecule has 0 aliphatic heterocycles. The second kappa shape index (κ2) is 5.79. The number of carbonyl (C=O) groups excluding carboxylic acids is 1. The van der Waals surface area contributed by atoms with Gasteiger partial charge in [0.1, 0.15) is 17.0 Å². The number of nitrogens with zero attached hydrogens (tertiary/aromatic N) is 2. The Bertz CT molecular complexity index is 956. The molecule has 0 radical (unpaired) electrons. The van der Waals surface area contributed by atoms with Crippen molar-refractivity contribution in [2.45, 2.75) is 45.1 Å². The van der Waals surface area contributed by atoms with Crippen LogP contribution in [0.4, 0.5) is 17.2 Å². The number of aromatic amines is 1. The normalized spacial score (nSPS) is 14.6. The van der Waals surface area contributed by atoms with Gasteiger partial charge in [-0.2, -0.15) is 9.61 Å². The van der Waals surface area contributed by atoms with Crippen molar-refractivity contribution >= 4 is 28.7 Å². The molecule has 0 saturated heterocycles. The number of imidazole rings is 1. The van der Waals surface area contributed by atoms with Crippen LogP contribution >= 0.6 is 0 Å². The highest BCUT2D eigenvalue weighted by molar-refractivity contribution is 6.08. The first-order chi connectivity index (χ1) is 12.3. The van der Waals surface area contributed by atoms with Crippen LogP contribution in [0.15, 0.2) is 30.5 Å². The highest BCUT2D eigenvalue weighted by atomic mass is 16.1. The van der Waals surface area contributed by atoms with Crippen LogP contribution in [0.2, 0.25) is 0 Å². The van der Waals surface area contributed by atoms with E-state index in [1.807, 2.05) is 0 Å². The van der Waals surface area contributed by atoms with Crippen LogP contribution in [0.5, 0.6) is 0 Å². The van der Waals surface area contributed by atoms with Crippen molar-refractivity contribution in [3.05, 3.63) is 41.7 Å². The predicted molar refractivity (Wildman–Crippen MR) is 104 cm³/mol. The van der Waals surface area contributed by atoms with Crippen LogP contribution in [0.25, 0.3) is 5.65 Å². The lowest BCUT2D eigenvalue weighted by molar-refractivity contribution is 0.102. The summed E-state index contributed by atoms with van der Waals surface area (Å²) in [6.45, 7) is 6.34. The molecule has 5 N–H and O–H groups in total. The van der Waals surface area contributed by atoms with E-state index in [1.54, 1.807) is 35.0 Å². The third-order valence-corrected chi connectivity index (χ3v) is 4.38. The summed E-state index contributed by atoms with van der Waals surface area (Å²) >= 11 is 0. The van der Waals surface area contributed by atoms with E-state index in [0.717, 1.165) is 24.4 Å². The second-order valence-corrected chi connectivity index (χ2v) is 7.93. The standard InChI is InChI=1S/C19H24N6O/c1-19(2,3)24-17-15(11-4-5-11)23-16-14(10-21-25(16)17)18(26)22-13-8-6-12(20)7-9-13/h6-11,23-24H,4-5,20H2,1-3H3,(H,22,26). The number of H-pyrrole nitrogens is 1. The van der Waals surface area contributed by atoms with E-state index in [0.29, 0.717) is 28.5 Å². The highest BCUT2D eigenvalue weighted by Gasteiger charge is 2.32. The van der Waals surface area contributed by atoms with Crippen molar-refractivity contribution < 1.29 is 4.79 Å². The lowest BCUT2D eigenvalue weighted by atomic mass is 10.1. The topological polar surface area (TPSA) is 100 Å². The van der Waals surface area contributed by atoms with Gasteiger partial charge in [-0.25, -0.2) is 0 Å². The van der Waals surface area contributed by atoms with E-state index in [4.69, 9.17) is 5.73 Å². The number of hydrogen-bond donors (Lipinski definition) is 4.